The molecule has 0 spiro atoms. The molecule has 0 radical (unpaired) electrons. The summed E-state index contributed by atoms with van der Waals surface area (Å²) in [4.78, 5) is 23.5. The van der Waals surface area contributed by atoms with Crippen molar-refractivity contribution in [2.45, 2.75) is 32.8 Å². The first-order valence-electron chi connectivity index (χ1n) is 10.3. The lowest BCUT2D eigenvalue weighted by molar-refractivity contribution is -0.384. The summed E-state index contributed by atoms with van der Waals surface area (Å²) in [6, 6.07) is 11.5. The average Bonchev–Trinajstić information content (AvgIpc) is 3.43. The van der Waals surface area contributed by atoms with Crippen LogP contribution in [0.15, 0.2) is 42.5 Å². The third-order valence-corrected chi connectivity index (χ3v) is 5.23. The molecule has 0 aliphatic carbocycles. The summed E-state index contributed by atoms with van der Waals surface area (Å²) >= 11 is 0. The Morgan fingerprint density at radius 3 is 2.91 bits per heavy atom. The molecule has 3 aromatic rings. The van der Waals surface area contributed by atoms with Gasteiger partial charge in [0.25, 0.3) is 11.6 Å². The number of nitro benzene ring substituents is 1. The Morgan fingerprint density at radius 2 is 2.16 bits per heavy atom. The topological polar surface area (TPSA) is 121 Å². The third kappa shape index (κ3) is 4.59. The molecule has 1 atom stereocenters. The van der Waals surface area contributed by atoms with Crippen molar-refractivity contribution in [2.75, 3.05) is 18.5 Å². The molecule has 1 saturated heterocycles. The van der Waals surface area contributed by atoms with E-state index in [0.29, 0.717) is 29.4 Å². The van der Waals surface area contributed by atoms with E-state index in [9.17, 15) is 14.9 Å². The standard InChI is InChI=1S/C22H23N5O5/c1-14-8-9-19(20(11-14)32-13-18-7-4-10-31-18)23-22(28)21-15(2)26(25-24-21)16-5-3-6-17(12-16)27(29)30/h3,5-6,8-9,11-12,18H,4,7,10,13H2,1-2H3,(H,23,28). The summed E-state index contributed by atoms with van der Waals surface area (Å²) in [6.45, 7) is 4.77. The number of anilines is 1. The van der Waals surface area contributed by atoms with Gasteiger partial charge >= 0.3 is 0 Å². The minimum atomic E-state index is -0.487. The minimum Gasteiger partial charge on any atom is -0.489 e. The minimum absolute atomic E-state index is 0.0520. The van der Waals surface area contributed by atoms with Crippen LogP contribution in [-0.2, 0) is 4.74 Å². The van der Waals surface area contributed by atoms with Gasteiger partial charge in [0.05, 0.1) is 28.1 Å². The molecule has 1 amide bonds. The van der Waals surface area contributed by atoms with E-state index in [1.807, 2.05) is 19.1 Å². The van der Waals surface area contributed by atoms with E-state index in [2.05, 4.69) is 15.6 Å². The summed E-state index contributed by atoms with van der Waals surface area (Å²) in [5, 5.41) is 21.9. The van der Waals surface area contributed by atoms with Crippen molar-refractivity contribution in [3.8, 4) is 11.4 Å². The maximum atomic E-state index is 12.9. The number of nitro groups is 1. The fourth-order valence-corrected chi connectivity index (χ4v) is 3.51. The number of amides is 1. The van der Waals surface area contributed by atoms with Crippen LogP contribution in [0.1, 0.15) is 34.6 Å². The van der Waals surface area contributed by atoms with E-state index in [1.54, 1.807) is 25.1 Å². The van der Waals surface area contributed by atoms with E-state index in [0.717, 1.165) is 25.0 Å². The van der Waals surface area contributed by atoms with E-state index < -0.39 is 10.8 Å². The number of rotatable bonds is 7. The average molecular weight is 437 g/mol. The van der Waals surface area contributed by atoms with Gasteiger partial charge in [-0.05, 0) is 50.5 Å². The maximum Gasteiger partial charge on any atom is 0.278 e. The molecule has 4 rings (SSSR count). The second-order valence-corrected chi connectivity index (χ2v) is 7.61. The van der Waals surface area contributed by atoms with Crippen LogP contribution in [0.25, 0.3) is 5.69 Å². The van der Waals surface area contributed by atoms with Crippen LogP contribution in [0.4, 0.5) is 11.4 Å². The fraction of sp³-hybridized carbons (Fsp3) is 0.318. The van der Waals surface area contributed by atoms with Crippen LogP contribution in [-0.4, -0.2) is 45.1 Å². The summed E-state index contributed by atoms with van der Waals surface area (Å²) in [5.41, 5.74) is 2.45. The predicted molar refractivity (Wildman–Crippen MR) is 116 cm³/mol. The quantitative estimate of drug-likeness (QED) is 0.443. The molecule has 1 aliphatic rings. The number of aromatic nitrogens is 3. The molecule has 1 N–H and O–H groups in total. The van der Waals surface area contributed by atoms with Crippen LogP contribution >= 0.6 is 0 Å². The number of carbonyl (C=O) groups is 1. The van der Waals surface area contributed by atoms with Crippen molar-refractivity contribution < 1.29 is 19.2 Å². The number of nitrogens with one attached hydrogen (secondary N) is 1. The number of carbonyl (C=O) groups excluding carboxylic acids is 1. The second kappa shape index (κ2) is 9.15. The number of benzene rings is 2. The molecule has 32 heavy (non-hydrogen) atoms. The van der Waals surface area contributed by atoms with E-state index >= 15 is 0 Å². The first-order valence-corrected chi connectivity index (χ1v) is 10.3. The number of ether oxygens (including phenoxy) is 2. The van der Waals surface area contributed by atoms with Crippen molar-refractivity contribution in [3.63, 3.8) is 0 Å². The molecule has 0 saturated carbocycles. The molecule has 166 valence electrons. The Balaban J connectivity index is 1.53. The van der Waals surface area contributed by atoms with Crippen molar-refractivity contribution in [1.29, 1.82) is 0 Å². The molecule has 1 fully saturated rings. The monoisotopic (exact) mass is 437 g/mol. The normalized spacial score (nSPS) is 15.5. The van der Waals surface area contributed by atoms with E-state index in [-0.39, 0.29) is 17.5 Å². The molecule has 10 nitrogen and oxygen atoms in total. The molecule has 2 heterocycles. The first-order chi connectivity index (χ1) is 15.4. The molecule has 1 aliphatic heterocycles. The molecule has 10 heteroatoms. The predicted octanol–water partition coefficient (Wildman–Crippen LogP) is 3.60. The molecule has 0 bridgehead atoms. The number of nitrogens with zero attached hydrogens (tertiary/aromatic N) is 4. The van der Waals surface area contributed by atoms with Crippen LogP contribution in [0, 0.1) is 24.0 Å². The number of hydrogen-bond acceptors (Lipinski definition) is 7. The molecular formula is C22H23N5O5. The lowest BCUT2D eigenvalue weighted by Gasteiger charge is -2.15. The Hall–Kier alpha value is -3.79. The zero-order chi connectivity index (χ0) is 22.7. The van der Waals surface area contributed by atoms with Gasteiger partial charge in [0.2, 0.25) is 0 Å². The zero-order valence-corrected chi connectivity index (χ0v) is 17.8. The van der Waals surface area contributed by atoms with Crippen LogP contribution in [0.2, 0.25) is 0 Å². The van der Waals surface area contributed by atoms with Gasteiger partial charge in [-0.1, -0.05) is 17.3 Å². The van der Waals surface area contributed by atoms with Gasteiger partial charge in [0.15, 0.2) is 5.69 Å². The van der Waals surface area contributed by atoms with Crippen LogP contribution in [0.3, 0.4) is 0 Å². The zero-order valence-electron chi connectivity index (χ0n) is 17.8. The fourth-order valence-electron chi connectivity index (χ4n) is 3.51. The first kappa shape index (κ1) is 21.4. The van der Waals surface area contributed by atoms with Gasteiger partial charge in [0.1, 0.15) is 12.4 Å². The highest BCUT2D eigenvalue weighted by Gasteiger charge is 2.21. The Bertz CT molecular complexity index is 1150. The number of non-ortho nitro benzene ring substituents is 1. The summed E-state index contributed by atoms with van der Waals surface area (Å²) in [7, 11) is 0. The largest absolute Gasteiger partial charge is 0.489 e. The van der Waals surface area contributed by atoms with Crippen molar-refractivity contribution in [3.05, 3.63) is 69.5 Å². The van der Waals surface area contributed by atoms with Crippen LogP contribution in [0.5, 0.6) is 5.75 Å². The summed E-state index contributed by atoms with van der Waals surface area (Å²) in [6.07, 6.45) is 2.02. The molecule has 2 aromatic carbocycles. The lowest BCUT2D eigenvalue weighted by atomic mass is 10.2. The SMILES string of the molecule is Cc1ccc(NC(=O)c2nnn(-c3cccc([N+](=O)[O-])c3)c2C)c(OCC2CCCO2)c1. The number of aryl methyl sites for hydroxylation is 1. The van der Waals surface area contributed by atoms with Gasteiger partial charge in [-0.2, -0.15) is 0 Å². The van der Waals surface area contributed by atoms with E-state index in [1.165, 1.54) is 16.8 Å². The van der Waals surface area contributed by atoms with Crippen molar-refractivity contribution >= 4 is 17.3 Å². The van der Waals surface area contributed by atoms with Crippen LogP contribution < -0.4 is 10.1 Å². The highest BCUT2D eigenvalue weighted by Crippen LogP contribution is 2.28. The summed E-state index contributed by atoms with van der Waals surface area (Å²) in [5.74, 6) is 0.0996. The van der Waals surface area contributed by atoms with Crippen molar-refractivity contribution in [1.82, 2.24) is 15.0 Å². The molecule has 1 aromatic heterocycles. The maximum absolute atomic E-state index is 12.9. The smallest absolute Gasteiger partial charge is 0.278 e. The Kier molecular flexibility index (Phi) is 6.13. The Morgan fingerprint density at radius 1 is 1.31 bits per heavy atom. The van der Waals surface area contributed by atoms with Gasteiger partial charge in [-0.25, -0.2) is 4.68 Å². The second-order valence-electron chi connectivity index (χ2n) is 7.61. The summed E-state index contributed by atoms with van der Waals surface area (Å²) < 4.78 is 12.9. The van der Waals surface area contributed by atoms with Gasteiger partial charge < -0.3 is 14.8 Å². The Labute approximate surface area is 184 Å². The molecule has 1 unspecified atom stereocenters. The van der Waals surface area contributed by atoms with Crippen molar-refractivity contribution in [2.24, 2.45) is 0 Å². The third-order valence-electron chi connectivity index (χ3n) is 5.23. The van der Waals surface area contributed by atoms with Gasteiger partial charge in [0, 0.05) is 18.7 Å². The molecular weight excluding hydrogens is 414 g/mol. The number of hydrogen-bond donors (Lipinski definition) is 1. The van der Waals surface area contributed by atoms with Gasteiger partial charge in [-0.15, -0.1) is 5.10 Å². The highest BCUT2D eigenvalue weighted by molar-refractivity contribution is 6.04. The van der Waals surface area contributed by atoms with E-state index in [4.69, 9.17) is 9.47 Å². The highest BCUT2D eigenvalue weighted by atomic mass is 16.6. The lowest BCUT2D eigenvalue weighted by Crippen LogP contribution is -2.18. The van der Waals surface area contributed by atoms with Gasteiger partial charge in [-0.3, -0.25) is 14.9 Å².